The maximum absolute atomic E-state index is 12.1. The maximum Gasteiger partial charge on any atom is 0.408 e. The van der Waals surface area contributed by atoms with Crippen LogP contribution in [0.3, 0.4) is 0 Å². The predicted octanol–water partition coefficient (Wildman–Crippen LogP) is 0.508. The fraction of sp³-hybridized carbons (Fsp3) is 0.769. The molecule has 0 saturated carbocycles. The van der Waals surface area contributed by atoms with E-state index in [0.717, 1.165) is 0 Å². The van der Waals surface area contributed by atoms with Gasteiger partial charge in [0.25, 0.3) is 0 Å². The molecule has 2 amide bonds. The summed E-state index contributed by atoms with van der Waals surface area (Å²) in [5.74, 6) is -0.382. The number of carbonyl (C=O) groups is 2. The van der Waals surface area contributed by atoms with Gasteiger partial charge in [-0.2, -0.15) is 5.26 Å². The Kier molecular flexibility index (Phi) is 5.34. The molecule has 0 radical (unpaired) electrons. The van der Waals surface area contributed by atoms with Crippen LogP contribution < -0.4 is 5.32 Å². The van der Waals surface area contributed by atoms with E-state index in [1.54, 1.807) is 20.8 Å². The Hall–Kier alpha value is -1.81. The largest absolute Gasteiger partial charge is 0.444 e. The van der Waals surface area contributed by atoms with E-state index >= 15 is 0 Å². The molecule has 1 fully saturated rings. The molecule has 1 N–H and O–H groups in total. The van der Waals surface area contributed by atoms with Crippen LogP contribution in [0.4, 0.5) is 4.79 Å². The van der Waals surface area contributed by atoms with Crippen LogP contribution >= 0.6 is 0 Å². The number of amides is 2. The lowest BCUT2D eigenvalue weighted by Crippen LogP contribution is -2.58. The molecule has 0 unspecified atom stereocenters. The molecule has 1 aliphatic rings. The highest BCUT2D eigenvalue weighted by Crippen LogP contribution is 2.16. The quantitative estimate of drug-likeness (QED) is 0.811. The van der Waals surface area contributed by atoms with Crippen molar-refractivity contribution in [3.8, 4) is 6.07 Å². The Morgan fingerprint density at radius 1 is 1.45 bits per heavy atom. The van der Waals surface area contributed by atoms with E-state index < -0.39 is 17.7 Å². The van der Waals surface area contributed by atoms with Crippen LogP contribution in [-0.4, -0.2) is 55.3 Å². The second kappa shape index (κ2) is 6.57. The van der Waals surface area contributed by atoms with Crippen molar-refractivity contribution in [2.75, 3.05) is 26.8 Å². The lowest BCUT2D eigenvalue weighted by Gasteiger charge is -2.37. The van der Waals surface area contributed by atoms with Gasteiger partial charge in [-0.25, -0.2) is 4.79 Å². The van der Waals surface area contributed by atoms with Gasteiger partial charge in [0, 0.05) is 20.2 Å². The zero-order valence-electron chi connectivity index (χ0n) is 12.3. The van der Waals surface area contributed by atoms with Crippen LogP contribution in [0.2, 0.25) is 0 Å². The summed E-state index contributed by atoms with van der Waals surface area (Å²) >= 11 is 0. The second-order valence-corrected chi connectivity index (χ2v) is 5.72. The van der Waals surface area contributed by atoms with E-state index in [1.807, 2.05) is 0 Å². The first-order valence-corrected chi connectivity index (χ1v) is 6.43. The second-order valence-electron chi connectivity index (χ2n) is 5.72. The highest BCUT2D eigenvalue weighted by atomic mass is 16.6. The zero-order valence-corrected chi connectivity index (χ0v) is 12.3. The molecule has 1 atom stereocenters. The van der Waals surface area contributed by atoms with Gasteiger partial charge in [-0.3, -0.25) is 4.79 Å². The van der Waals surface area contributed by atoms with Gasteiger partial charge >= 0.3 is 6.09 Å². The monoisotopic (exact) mass is 283 g/mol. The van der Waals surface area contributed by atoms with E-state index in [0.29, 0.717) is 13.1 Å². The van der Waals surface area contributed by atoms with Crippen LogP contribution in [0.15, 0.2) is 0 Å². The Morgan fingerprint density at radius 2 is 2.05 bits per heavy atom. The first kappa shape index (κ1) is 16.2. The van der Waals surface area contributed by atoms with Crippen LogP contribution in [0.25, 0.3) is 0 Å². The topological polar surface area (TPSA) is 91.7 Å². The average molecular weight is 283 g/mol. The molecule has 0 bridgehead atoms. The number of nitrogens with zero attached hydrogens (tertiary/aromatic N) is 2. The molecular weight excluding hydrogens is 262 g/mol. The highest BCUT2D eigenvalue weighted by molar-refractivity contribution is 5.86. The number of hydrogen-bond acceptors (Lipinski definition) is 5. The minimum atomic E-state index is -0.797. The van der Waals surface area contributed by atoms with Crippen LogP contribution in [0.5, 0.6) is 0 Å². The minimum Gasteiger partial charge on any atom is -0.444 e. The molecule has 1 rings (SSSR count). The van der Waals surface area contributed by atoms with E-state index in [-0.39, 0.29) is 18.4 Å². The molecule has 0 spiro atoms. The van der Waals surface area contributed by atoms with Crippen LogP contribution in [0, 0.1) is 17.2 Å². The van der Waals surface area contributed by atoms with Crippen molar-refractivity contribution in [2.24, 2.45) is 5.92 Å². The molecule has 0 aromatic rings. The third-order valence-electron chi connectivity index (χ3n) is 2.70. The van der Waals surface area contributed by atoms with Crippen molar-refractivity contribution < 1.29 is 19.1 Å². The van der Waals surface area contributed by atoms with E-state index in [2.05, 4.69) is 11.4 Å². The molecular formula is C13H21N3O4. The molecule has 1 saturated heterocycles. The van der Waals surface area contributed by atoms with Gasteiger partial charge in [-0.15, -0.1) is 0 Å². The number of rotatable bonds is 4. The normalized spacial score (nSPS) is 16.9. The highest BCUT2D eigenvalue weighted by Gasteiger charge is 2.35. The third kappa shape index (κ3) is 4.70. The Morgan fingerprint density at radius 3 is 2.50 bits per heavy atom. The average Bonchev–Trinajstić information content (AvgIpc) is 2.24. The van der Waals surface area contributed by atoms with E-state index in [4.69, 9.17) is 14.7 Å². The summed E-state index contributed by atoms with van der Waals surface area (Å²) < 4.78 is 10.1. The van der Waals surface area contributed by atoms with Gasteiger partial charge < -0.3 is 19.7 Å². The van der Waals surface area contributed by atoms with Gasteiger partial charge in [-0.05, 0) is 20.8 Å². The van der Waals surface area contributed by atoms with E-state index in [1.165, 1.54) is 12.0 Å². The molecule has 7 heteroatoms. The lowest BCUT2D eigenvalue weighted by atomic mass is 10.0. The van der Waals surface area contributed by atoms with Crippen molar-refractivity contribution in [2.45, 2.75) is 32.4 Å². The fourth-order valence-corrected chi connectivity index (χ4v) is 1.75. The number of nitrogens with one attached hydrogen (secondary N) is 1. The summed E-state index contributed by atoms with van der Waals surface area (Å²) in [6.07, 6.45) is -0.662. The molecule has 112 valence electrons. The van der Waals surface area contributed by atoms with Crippen LogP contribution in [-0.2, 0) is 14.3 Å². The van der Waals surface area contributed by atoms with Crippen molar-refractivity contribution in [3.63, 3.8) is 0 Å². The van der Waals surface area contributed by atoms with Crippen molar-refractivity contribution in [1.82, 2.24) is 10.2 Å². The molecule has 1 heterocycles. The van der Waals surface area contributed by atoms with Gasteiger partial charge in [0.2, 0.25) is 5.91 Å². The van der Waals surface area contributed by atoms with Gasteiger partial charge in [0.05, 0.1) is 18.6 Å². The number of likely N-dealkylation sites (tertiary alicyclic amines) is 1. The summed E-state index contributed by atoms with van der Waals surface area (Å²) in [6.45, 7) is 6.08. The summed E-state index contributed by atoms with van der Waals surface area (Å²) in [5.41, 5.74) is -0.632. The van der Waals surface area contributed by atoms with Crippen LogP contribution in [0.1, 0.15) is 20.8 Å². The van der Waals surface area contributed by atoms with Crippen molar-refractivity contribution in [1.29, 1.82) is 5.26 Å². The molecule has 0 aromatic heterocycles. The van der Waals surface area contributed by atoms with Gasteiger partial charge in [0.1, 0.15) is 11.6 Å². The lowest BCUT2D eigenvalue weighted by molar-refractivity contribution is -0.139. The van der Waals surface area contributed by atoms with Gasteiger partial charge in [-0.1, -0.05) is 0 Å². The summed E-state index contributed by atoms with van der Waals surface area (Å²) in [6, 6.07) is 1.30. The Balaban J connectivity index is 2.54. The fourth-order valence-electron chi connectivity index (χ4n) is 1.75. The van der Waals surface area contributed by atoms with Gasteiger partial charge in [0.15, 0.2) is 0 Å². The number of carbonyl (C=O) groups excluding carboxylic acids is 2. The number of nitriles is 1. The zero-order chi connectivity index (χ0) is 15.3. The minimum absolute atomic E-state index is 0.0613. The number of ether oxygens (including phenoxy) is 2. The number of methoxy groups -OCH3 is 1. The predicted molar refractivity (Wildman–Crippen MR) is 70.7 cm³/mol. The number of hydrogen-bond donors (Lipinski definition) is 1. The molecule has 1 aliphatic heterocycles. The summed E-state index contributed by atoms with van der Waals surface area (Å²) in [7, 11) is 1.45. The maximum atomic E-state index is 12.1. The first-order chi connectivity index (χ1) is 9.26. The Bertz CT molecular complexity index is 405. The Labute approximate surface area is 118 Å². The molecule has 0 aliphatic carbocycles. The first-order valence-electron chi connectivity index (χ1n) is 6.43. The third-order valence-corrected chi connectivity index (χ3v) is 2.70. The number of alkyl carbamates (subject to hydrolysis) is 1. The van der Waals surface area contributed by atoms with Crippen molar-refractivity contribution >= 4 is 12.0 Å². The standard InChI is InChI=1S/C13H21N3O4/c1-13(2,3)20-12(18)15-10(8-19-4)11(17)16-6-9(5-14)7-16/h9-10H,6-8H2,1-4H3,(H,15,18)/t10-/m1/s1. The molecule has 7 nitrogen and oxygen atoms in total. The SMILES string of the molecule is COC[C@@H](NC(=O)OC(C)(C)C)C(=O)N1CC(C#N)C1. The van der Waals surface area contributed by atoms with E-state index in [9.17, 15) is 9.59 Å². The van der Waals surface area contributed by atoms with Crippen molar-refractivity contribution in [3.05, 3.63) is 0 Å². The summed E-state index contributed by atoms with van der Waals surface area (Å²) in [5, 5.41) is 11.2. The smallest absolute Gasteiger partial charge is 0.408 e. The molecule has 20 heavy (non-hydrogen) atoms. The molecule has 0 aromatic carbocycles. The summed E-state index contributed by atoms with van der Waals surface area (Å²) in [4.78, 5) is 25.4.